The molecule has 0 spiro atoms. The third-order valence-corrected chi connectivity index (χ3v) is 4.09. The summed E-state index contributed by atoms with van der Waals surface area (Å²) in [6.45, 7) is 0.521. The maximum atomic E-state index is 12.2. The van der Waals surface area contributed by atoms with Crippen LogP contribution in [0.4, 0.5) is 0 Å². The normalized spacial score (nSPS) is 9.95. The minimum atomic E-state index is -0.193. The average Bonchev–Trinajstić information content (AvgIpc) is 2.83. The molecule has 1 amide bonds. The fourth-order valence-electron chi connectivity index (χ4n) is 1.55. The Morgan fingerprint density at radius 3 is 2.95 bits per heavy atom. The number of nitriles is 1. The molecule has 6 heteroatoms. The van der Waals surface area contributed by atoms with E-state index in [1.807, 2.05) is 18.2 Å². The molecule has 0 saturated heterocycles. The van der Waals surface area contributed by atoms with E-state index in [0.29, 0.717) is 12.1 Å². The summed E-state index contributed by atoms with van der Waals surface area (Å²) >= 11 is 4.98. The third kappa shape index (κ3) is 3.40. The van der Waals surface area contributed by atoms with Crippen LogP contribution < -0.4 is 0 Å². The minimum absolute atomic E-state index is 0.193. The summed E-state index contributed by atoms with van der Waals surface area (Å²) in [5, 5.41) is 8.81. The first-order valence-electron chi connectivity index (χ1n) is 5.46. The maximum absolute atomic E-state index is 12.2. The van der Waals surface area contributed by atoms with Gasteiger partial charge in [-0.2, -0.15) is 5.26 Å². The van der Waals surface area contributed by atoms with Crippen LogP contribution in [-0.4, -0.2) is 22.8 Å². The lowest BCUT2D eigenvalue weighted by Gasteiger charge is -2.15. The second kappa shape index (κ2) is 5.95. The molecule has 0 aromatic carbocycles. The van der Waals surface area contributed by atoms with Gasteiger partial charge >= 0.3 is 0 Å². The molecule has 0 unspecified atom stereocenters. The van der Waals surface area contributed by atoms with E-state index in [4.69, 9.17) is 5.26 Å². The molecule has 0 aliphatic heterocycles. The van der Waals surface area contributed by atoms with Gasteiger partial charge in [0, 0.05) is 18.1 Å². The lowest BCUT2D eigenvalue weighted by molar-refractivity contribution is 0.0780. The maximum Gasteiger partial charge on any atom is 0.272 e. The molecule has 0 aliphatic rings. The van der Waals surface area contributed by atoms with Crippen LogP contribution in [0.25, 0.3) is 0 Å². The molecule has 2 aromatic heterocycles. The first-order chi connectivity index (χ1) is 9.10. The van der Waals surface area contributed by atoms with Gasteiger partial charge in [-0.1, -0.05) is 0 Å². The molecule has 0 N–H and O–H groups in total. The fraction of sp³-hybridized carbons (Fsp3) is 0.154. The van der Waals surface area contributed by atoms with Crippen molar-refractivity contribution in [1.29, 1.82) is 5.26 Å². The van der Waals surface area contributed by atoms with Crippen molar-refractivity contribution < 1.29 is 4.79 Å². The Bertz CT molecular complexity index is 647. The monoisotopic (exact) mass is 335 g/mol. The first-order valence-corrected chi connectivity index (χ1v) is 7.07. The summed E-state index contributed by atoms with van der Waals surface area (Å²) in [5.74, 6) is -0.193. The standard InChI is InChI=1S/C13H10BrN3OS/c1-17(8-10-2-3-12(14)19-10)13(18)11-6-9(7-15)4-5-16-11/h2-6H,8H2,1H3. The van der Waals surface area contributed by atoms with Crippen LogP contribution in [0.15, 0.2) is 34.2 Å². The van der Waals surface area contributed by atoms with E-state index in [2.05, 4.69) is 20.9 Å². The van der Waals surface area contributed by atoms with E-state index >= 15 is 0 Å². The van der Waals surface area contributed by atoms with E-state index in [0.717, 1.165) is 8.66 Å². The Labute approximate surface area is 123 Å². The molecule has 2 heterocycles. The van der Waals surface area contributed by atoms with E-state index in [-0.39, 0.29) is 11.6 Å². The Morgan fingerprint density at radius 2 is 2.32 bits per heavy atom. The highest BCUT2D eigenvalue weighted by Crippen LogP contribution is 2.23. The highest BCUT2D eigenvalue weighted by molar-refractivity contribution is 9.11. The topological polar surface area (TPSA) is 57.0 Å². The van der Waals surface area contributed by atoms with Gasteiger partial charge in [0.25, 0.3) is 5.91 Å². The first kappa shape index (κ1) is 13.7. The van der Waals surface area contributed by atoms with Crippen LogP contribution in [-0.2, 0) is 6.54 Å². The van der Waals surface area contributed by atoms with Crippen LogP contribution in [0.1, 0.15) is 20.9 Å². The van der Waals surface area contributed by atoms with Gasteiger partial charge in [0.05, 0.1) is 22.0 Å². The summed E-state index contributed by atoms with van der Waals surface area (Å²) in [6, 6.07) is 9.00. The lowest BCUT2D eigenvalue weighted by atomic mass is 10.2. The summed E-state index contributed by atoms with van der Waals surface area (Å²) in [6.07, 6.45) is 1.47. The van der Waals surface area contributed by atoms with Crippen molar-refractivity contribution in [2.75, 3.05) is 7.05 Å². The Hall–Kier alpha value is -1.71. The van der Waals surface area contributed by atoms with Gasteiger partial charge in [-0.25, -0.2) is 0 Å². The predicted molar refractivity (Wildman–Crippen MR) is 76.8 cm³/mol. The van der Waals surface area contributed by atoms with Gasteiger partial charge in [-0.3, -0.25) is 9.78 Å². The molecule has 96 valence electrons. The molecule has 0 radical (unpaired) electrons. The number of carbonyl (C=O) groups excluding carboxylic acids is 1. The number of nitrogens with zero attached hydrogens (tertiary/aromatic N) is 3. The van der Waals surface area contributed by atoms with Gasteiger partial charge in [-0.15, -0.1) is 11.3 Å². The summed E-state index contributed by atoms with van der Waals surface area (Å²) < 4.78 is 1.04. The molecule has 0 aliphatic carbocycles. The van der Waals surface area contributed by atoms with E-state index in [1.54, 1.807) is 29.4 Å². The number of thiophene rings is 1. The quantitative estimate of drug-likeness (QED) is 0.866. The molecule has 2 rings (SSSR count). The largest absolute Gasteiger partial charge is 0.335 e. The number of amides is 1. The summed E-state index contributed by atoms with van der Waals surface area (Å²) in [5.41, 5.74) is 0.725. The van der Waals surface area contributed by atoms with Crippen LogP contribution >= 0.6 is 27.3 Å². The minimum Gasteiger partial charge on any atom is -0.335 e. The molecule has 2 aromatic rings. The highest BCUT2D eigenvalue weighted by Gasteiger charge is 2.14. The Morgan fingerprint density at radius 1 is 1.53 bits per heavy atom. The SMILES string of the molecule is CN(Cc1ccc(Br)s1)C(=O)c1cc(C#N)ccn1. The summed E-state index contributed by atoms with van der Waals surface area (Å²) in [4.78, 5) is 18.8. The van der Waals surface area contributed by atoms with Crippen molar-refractivity contribution in [3.8, 4) is 6.07 Å². The van der Waals surface area contributed by atoms with Crippen LogP contribution in [0.2, 0.25) is 0 Å². The van der Waals surface area contributed by atoms with Crippen molar-refractivity contribution >= 4 is 33.2 Å². The Balaban J connectivity index is 2.12. The zero-order valence-corrected chi connectivity index (χ0v) is 12.5. The van der Waals surface area contributed by atoms with Crippen molar-refractivity contribution in [3.05, 3.63) is 50.4 Å². The third-order valence-electron chi connectivity index (χ3n) is 2.48. The van der Waals surface area contributed by atoms with Gasteiger partial charge in [0.15, 0.2) is 0 Å². The number of pyridine rings is 1. The van der Waals surface area contributed by atoms with Crippen molar-refractivity contribution in [2.24, 2.45) is 0 Å². The predicted octanol–water partition coefficient (Wildman–Crippen LogP) is 3.05. The van der Waals surface area contributed by atoms with Gasteiger partial charge in [0.2, 0.25) is 0 Å². The average molecular weight is 336 g/mol. The molecule has 0 fully saturated rings. The summed E-state index contributed by atoms with van der Waals surface area (Å²) in [7, 11) is 1.72. The fourth-order valence-corrected chi connectivity index (χ4v) is 3.09. The van der Waals surface area contributed by atoms with Crippen molar-refractivity contribution in [3.63, 3.8) is 0 Å². The molecular weight excluding hydrogens is 326 g/mol. The molecule has 0 atom stereocenters. The van der Waals surface area contributed by atoms with Crippen molar-refractivity contribution in [1.82, 2.24) is 9.88 Å². The second-order valence-electron chi connectivity index (χ2n) is 3.91. The number of carbonyl (C=O) groups is 1. The number of aromatic nitrogens is 1. The molecule has 0 saturated carbocycles. The Kier molecular flexibility index (Phi) is 4.30. The van der Waals surface area contributed by atoms with Crippen molar-refractivity contribution in [2.45, 2.75) is 6.54 Å². The van der Waals surface area contributed by atoms with Gasteiger partial charge in [0.1, 0.15) is 5.69 Å². The highest BCUT2D eigenvalue weighted by atomic mass is 79.9. The smallest absolute Gasteiger partial charge is 0.272 e. The molecule has 19 heavy (non-hydrogen) atoms. The number of hydrogen-bond donors (Lipinski definition) is 0. The van der Waals surface area contributed by atoms with Crippen LogP contribution in [0, 0.1) is 11.3 Å². The van der Waals surface area contributed by atoms with Gasteiger partial charge < -0.3 is 4.90 Å². The lowest BCUT2D eigenvalue weighted by Crippen LogP contribution is -2.26. The zero-order chi connectivity index (χ0) is 13.8. The van der Waals surface area contributed by atoms with Gasteiger partial charge in [-0.05, 0) is 40.2 Å². The molecular formula is C13H10BrN3OS. The molecule has 0 bridgehead atoms. The van der Waals surface area contributed by atoms with E-state index < -0.39 is 0 Å². The number of rotatable bonds is 3. The molecule has 4 nitrogen and oxygen atoms in total. The second-order valence-corrected chi connectivity index (χ2v) is 6.46. The number of halogens is 1. The van der Waals surface area contributed by atoms with E-state index in [1.165, 1.54) is 12.3 Å². The van der Waals surface area contributed by atoms with Crippen LogP contribution in [0.5, 0.6) is 0 Å². The van der Waals surface area contributed by atoms with E-state index in [9.17, 15) is 4.79 Å². The van der Waals surface area contributed by atoms with Crippen LogP contribution in [0.3, 0.4) is 0 Å². The zero-order valence-electron chi connectivity index (χ0n) is 10.1. The number of hydrogen-bond acceptors (Lipinski definition) is 4.